The number of aromatic nitrogens is 3. The van der Waals surface area contributed by atoms with E-state index in [4.69, 9.17) is 4.52 Å². The summed E-state index contributed by atoms with van der Waals surface area (Å²) in [7, 11) is 0. The molecule has 2 heterocycles. The normalized spacial score (nSPS) is 11.0. The highest BCUT2D eigenvalue weighted by molar-refractivity contribution is 5.88. The molecule has 0 saturated heterocycles. The Balaban J connectivity index is 1.84. The van der Waals surface area contributed by atoms with E-state index in [0.717, 1.165) is 24.0 Å². The van der Waals surface area contributed by atoms with Crippen molar-refractivity contribution in [2.75, 3.05) is 6.54 Å². The van der Waals surface area contributed by atoms with Gasteiger partial charge in [-0.1, -0.05) is 48.3 Å². The van der Waals surface area contributed by atoms with Gasteiger partial charge in [0.25, 0.3) is 11.3 Å². The molecule has 0 aliphatic carbocycles. The molecular formula is C19H22N4O3. The third-order valence-corrected chi connectivity index (χ3v) is 4.22. The number of hydrogen-bond donors (Lipinski definition) is 1. The van der Waals surface area contributed by atoms with Crippen LogP contribution in [0.4, 0.5) is 0 Å². The summed E-state index contributed by atoms with van der Waals surface area (Å²) >= 11 is 0. The lowest BCUT2D eigenvalue weighted by Crippen LogP contribution is -2.28. The zero-order valence-corrected chi connectivity index (χ0v) is 15.0. The molecule has 0 aliphatic heterocycles. The number of nitrogens with one attached hydrogen (secondary N) is 1. The lowest BCUT2D eigenvalue weighted by atomic mass is 10.1. The van der Waals surface area contributed by atoms with Crippen molar-refractivity contribution in [1.82, 2.24) is 20.0 Å². The Hall–Kier alpha value is -2.96. The SMILES string of the molecule is CCCCNC(=O)CCn1cnc2onc(-c3ccc(C)cc3)c2c1=O. The zero-order valence-electron chi connectivity index (χ0n) is 15.0. The Kier molecular flexibility index (Phi) is 5.46. The number of amides is 1. The van der Waals surface area contributed by atoms with Crippen LogP contribution in [0.15, 0.2) is 39.9 Å². The standard InChI is InChI=1S/C19H22N4O3/c1-3-4-10-20-15(24)9-11-23-12-21-18-16(19(23)25)17(22-26-18)14-7-5-13(2)6-8-14/h5-8,12H,3-4,9-11H2,1-2H3,(H,20,24). The molecular weight excluding hydrogens is 332 g/mol. The van der Waals surface area contributed by atoms with Gasteiger partial charge in [0.1, 0.15) is 17.4 Å². The molecule has 0 fully saturated rings. The Bertz CT molecular complexity index is 957. The number of fused-ring (bicyclic) bond motifs is 1. The first-order chi connectivity index (χ1) is 12.6. The second-order valence-electron chi connectivity index (χ2n) is 6.27. The summed E-state index contributed by atoms with van der Waals surface area (Å²) in [4.78, 5) is 28.8. The fourth-order valence-corrected chi connectivity index (χ4v) is 2.66. The third-order valence-electron chi connectivity index (χ3n) is 4.22. The molecule has 3 aromatic rings. The zero-order chi connectivity index (χ0) is 18.5. The van der Waals surface area contributed by atoms with E-state index in [2.05, 4.69) is 22.4 Å². The van der Waals surface area contributed by atoms with Crippen LogP contribution in [0.1, 0.15) is 31.7 Å². The maximum absolute atomic E-state index is 12.8. The van der Waals surface area contributed by atoms with E-state index >= 15 is 0 Å². The first-order valence-corrected chi connectivity index (χ1v) is 8.78. The first-order valence-electron chi connectivity index (χ1n) is 8.78. The van der Waals surface area contributed by atoms with Crippen LogP contribution in [0.2, 0.25) is 0 Å². The molecule has 1 aromatic carbocycles. The molecule has 0 radical (unpaired) electrons. The molecule has 26 heavy (non-hydrogen) atoms. The van der Waals surface area contributed by atoms with Crippen LogP contribution >= 0.6 is 0 Å². The van der Waals surface area contributed by atoms with Gasteiger partial charge in [0, 0.05) is 25.1 Å². The van der Waals surface area contributed by atoms with Gasteiger partial charge in [-0.3, -0.25) is 14.2 Å². The van der Waals surface area contributed by atoms with Crippen molar-refractivity contribution in [2.45, 2.75) is 39.7 Å². The number of carbonyl (C=O) groups is 1. The summed E-state index contributed by atoms with van der Waals surface area (Å²) in [6.07, 6.45) is 3.59. The summed E-state index contributed by atoms with van der Waals surface area (Å²) in [6.45, 7) is 4.98. The summed E-state index contributed by atoms with van der Waals surface area (Å²) < 4.78 is 6.63. The lowest BCUT2D eigenvalue weighted by Gasteiger charge is -2.06. The van der Waals surface area contributed by atoms with Crippen LogP contribution in [0, 0.1) is 6.92 Å². The fraction of sp³-hybridized carbons (Fsp3) is 0.368. The van der Waals surface area contributed by atoms with Gasteiger partial charge < -0.3 is 9.84 Å². The minimum Gasteiger partial charge on any atom is -0.356 e. The second kappa shape index (κ2) is 7.95. The number of carbonyl (C=O) groups excluding carboxylic acids is 1. The molecule has 0 unspecified atom stereocenters. The number of rotatable bonds is 7. The maximum atomic E-state index is 12.8. The second-order valence-corrected chi connectivity index (χ2v) is 6.27. The molecule has 7 nitrogen and oxygen atoms in total. The molecule has 0 aliphatic rings. The predicted molar refractivity (Wildman–Crippen MR) is 98.8 cm³/mol. The van der Waals surface area contributed by atoms with Crippen molar-refractivity contribution in [2.24, 2.45) is 0 Å². The van der Waals surface area contributed by atoms with Gasteiger partial charge in [-0.2, -0.15) is 0 Å². The minimum absolute atomic E-state index is 0.0745. The number of benzene rings is 1. The van der Waals surface area contributed by atoms with E-state index in [1.54, 1.807) is 0 Å². The van der Waals surface area contributed by atoms with Gasteiger partial charge in [-0.25, -0.2) is 4.98 Å². The van der Waals surface area contributed by atoms with Gasteiger partial charge in [0.05, 0.1) is 0 Å². The van der Waals surface area contributed by atoms with Crippen molar-refractivity contribution in [3.05, 3.63) is 46.5 Å². The van der Waals surface area contributed by atoms with Crippen molar-refractivity contribution < 1.29 is 9.32 Å². The Morgan fingerprint density at radius 2 is 2.04 bits per heavy atom. The molecule has 7 heteroatoms. The average Bonchev–Trinajstić information content (AvgIpc) is 3.07. The maximum Gasteiger partial charge on any atom is 0.266 e. The van der Waals surface area contributed by atoms with Crippen LogP contribution in [0.25, 0.3) is 22.4 Å². The van der Waals surface area contributed by atoms with Crippen LogP contribution in [0.3, 0.4) is 0 Å². The topological polar surface area (TPSA) is 90.0 Å². The first kappa shape index (κ1) is 17.8. The summed E-state index contributed by atoms with van der Waals surface area (Å²) in [5.74, 6) is -0.0745. The van der Waals surface area contributed by atoms with Crippen LogP contribution in [0.5, 0.6) is 0 Å². The highest BCUT2D eigenvalue weighted by Crippen LogP contribution is 2.24. The van der Waals surface area contributed by atoms with Crippen LogP contribution < -0.4 is 10.9 Å². The van der Waals surface area contributed by atoms with E-state index in [0.29, 0.717) is 17.6 Å². The Morgan fingerprint density at radius 3 is 2.77 bits per heavy atom. The number of aryl methyl sites for hydroxylation is 2. The van der Waals surface area contributed by atoms with Crippen LogP contribution in [-0.4, -0.2) is 27.2 Å². The molecule has 0 bridgehead atoms. The summed E-state index contributed by atoms with van der Waals surface area (Å²) in [5, 5.41) is 7.19. The molecule has 1 N–H and O–H groups in total. The average molecular weight is 354 g/mol. The van der Waals surface area contributed by atoms with E-state index in [1.165, 1.54) is 10.9 Å². The van der Waals surface area contributed by atoms with E-state index in [9.17, 15) is 9.59 Å². The smallest absolute Gasteiger partial charge is 0.266 e. The fourth-order valence-electron chi connectivity index (χ4n) is 2.66. The lowest BCUT2D eigenvalue weighted by molar-refractivity contribution is -0.121. The van der Waals surface area contributed by atoms with Crippen molar-refractivity contribution in [3.8, 4) is 11.3 Å². The minimum atomic E-state index is -0.256. The molecule has 1 amide bonds. The van der Waals surface area contributed by atoms with Gasteiger partial charge in [0.15, 0.2) is 0 Å². The molecule has 3 rings (SSSR count). The Labute approximate surface area is 151 Å². The van der Waals surface area contributed by atoms with Gasteiger partial charge in [0.2, 0.25) is 5.91 Å². The molecule has 0 spiro atoms. The van der Waals surface area contributed by atoms with E-state index in [-0.39, 0.29) is 30.1 Å². The Morgan fingerprint density at radius 1 is 1.27 bits per heavy atom. The van der Waals surface area contributed by atoms with Crippen LogP contribution in [-0.2, 0) is 11.3 Å². The van der Waals surface area contributed by atoms with Gasteiger partial charge in [-0.15, -0.1) is 0 Å². The van der Waals surface area contributed by atoms with Crippen molar-refractivity contribution in [3.63, 3.8) is 0 Å². The highest BCUT2D eigenvalue weighted by Gasteiger charge is 2.17. The number of hydrogen-bond acceptors (Lipinski definition) is 5. The van der Waals surface area contributed by atoms with Gasteiger partial charge in [-0.05, 0) is 13.3 Å². The molecule has 136 valence electrons. The highest BCUT2D eigenvalue weighted by atomic mass is 16.5. The van der Waals surface area contributed by atoms with E-state index in [1.807, 2.05) is 31.2 Å². The summed E-state index contributed by atoms with van der Waals surface area (Å²) in [6, 6.07) is 7.69. The predicted octanol–water partition coefficient (Wildman–Crippen LogP) is 2.67. The van der Waals surface area contributed by atoms with E-state index < -0.39 is 0 Å². The number of unbranched alkanes of at least 4 members (excludes halogenated alkanes) is 1. The molecule has 2 aromatic heterocycles. The van der Waals surface area contributed by atoms with Crippen molar-refractivity contribution >= 4 is 17.0 Å². The molecule has 0 saturated carbocycles. The number of nitrogens with zero attached hydrogens (tertiary/aromatic N) is 3. The van der Waals surface area contributed by atoms with Gasteiger partial charge >= 0.3 is 0 Å². The van der Waals surface area contributed by atoms with Crippen molar-refractivity contribution in [1.29, 1.82) is 0 Å². The monoisotopic (exact) mass is 354 g/mol. The summed E-state index contributed by atoms with van der Waals surface area (Å²) in [5.41, 5.74) is 2.33. The quantitative estimate of drug-likeness (QED) is 0.659. The third kappa shape index (κ3) is 3.82. The molecule has 0 atom stereocenters. The largest absolute Gasteiger partial charge is 0.356 e.